The maximum Gasteiger partial charge on any atom is 0.290 e. The summed E-state index contributed by atoms with van der Waals surface area (Å²) in [6, 6.07) is 10.6. The highest BCUT2D eigenvalue weighted by Crippen LogP contribution is 2.16. The van der Waals surface area contributed by atoms with Crippen LogP contribution in [0.2, 0.25) is 0 Å². The second kappa shape index (κ2) is 10.5. The molecule has 1 aromatic heterocycles. The zero-order valence-corrected chi connectivity index (χ0v) is 19.7. The molecule has 0 atom stereocenters. The average Bonchev–Trinajstić information content (AvgIpc) is 2.83. The van der Waals surface area contributed by atoms with Crippen LogP contribution in [0.4, 0.5) is 0 Å². The van der Waals surface area contributed by atoms with Crippen LogP contribution in [0.5, 0.6) is 0 Å². The first-order valence-electron chi connectivity index (χ1n) is 10.4. The summed E-state index contributed by atoms with van der Waals surface area (Å²) in [6.45, 7) is 3.89. The molecule has 0 saturated heterocycles. The van der Waals surface area contributed by atoms with E-state index in [1.807, 2.05) is 0 Å². The molecule has 0 radical (unpaired) electrons. The van der Waals surface area contributed by atoms with Gasteiger partial charge in [-0.05, 0) is 37.6 Å². The predicted octanol–water partition coefficient (Wildman–Crippen LogP) is 0.724. The molecule has 3 aromatic rings. The summed E-state index contributed by atoms with van der Waals surface area (Å²) >= 11 is 0. The number of nitrogens with zero attached hydrogens (tertiary/aromatic N) is 2. The van der Waals surface area contributed by atoms with Gasteiger partial charge >= 0.3 is 0 Å². The normalized spacial score (nSPS) is 11.4. The highest BCUT2D eigenvalue weighted by atomic mass is 32.2. The van der Waals surface area contributed by atoms with Crippen molar-refractivity contribution in [1.29, 1.82) is 0 Å². The van der Waals surface area contributed by atoms with Crippen LogP contribution in [0.1, 0.15) is 33.3 Å². The number of fused-ring (bicyclic) bond motifs is 1. The van der Waals surface area contributed by atoms with Gasteiger partial charge in [0.1, 0.15) is 0 Å². The van der Waals surface area contributed by atoms with Gasteiger partial charge in [0, 0.05) is 31.1 Å². The van der Waals surface area contributed by atoms with Crippen LogP contribution in [0.15, 0.2) is 52.2 Å². The van der Waals surface area contributed by atoms with Crippen molar-refractivity contribution in [2.45, 2.75) is 25.3 Å². The highest BCUT2D eigenvalue weighted by Gasteiger charge is 2.20. The molecule has 3 rings (SSSR count). The van der Waals surface area contributed by atoms with Crippen LogP contribution < -0.4 is 21.1 Å². The molecule has 0 saturated carbocycles. The Morgan fingerprint density at radius 1 is 1.06 bits per heavy atom. The maximum absolute atomic E-state index is 12.8. The number of methoxy groups -OCH3 is 1. The second-order valence-corrected chi connectivity index (χ2v) is 9.06. The Morgan fingerprint density at radius 2 is 1.74 bits per heavy atom. The maximum atomic E-state index is 12.8. The Hall–Kier alpha value is -3.61. The lowest BCUT2D eigenvalue weighted by molar-refractivity contribution is 0.0843. The number of carbonyl (C=O) groups excluding carboxylic acids is 2. The van der Waals surface area contributed by atoms with E-state index in [9.17, 15) is 22.8 Å². The van der Waals surface area contributed by atoms with Gasteiger partial charge < -0.3 is 4.74 Å². The van der Waals surface area contributed by atoms with Crippen LogP contribution in [-0.2, 0) is 21.3 Å². The zero-order chi connectivity index (χ0) is 24.9. The average molecular weight is 488 g/mol. The highest BCUT2D eigenvalue weighted by molar-refractivity contribution is 7.89. The molecule has 34 heavy (non-hydrogen) atoms. The van der Waals surface area contributed by atoms with Gasteiger partial charge in [0.15, 0.2) is 5.69 Å². The Balaban J connectivity index is 1.82. The molecule has 0 fully saturated rings. The number of sulfonamides is 1. The van der Waals surface area contributed by atoms with E-state index in [1.165, 1.54) is 25.3 Å². The number of hydrazine groups is 1. The van der Waals surface area contributed by atoms with Crippen LogP contribution in [0, 0.1) is 6.92 Å². The molecular formula is C22H25N5O6S. The van der Waals surface area contributed by atoms with E-state index in [4.69, 9.17) is 4.74 Å². The van der Waals surface area contributed by atoms with Crippen molar-refractivity contribution in [2.75, 3.05) is 20.3 Å². The quantitative estimate of drug-likeness (QED) is 0.313. The fraction of sp³-hybridized carbons (Fsp3) is 0.273. The lowest BCUT2D eigenvalue weighted by Gasteiger charge is -2.13. The van der Waals surface area contributed by atoms with E-state index >= 15 is 0 Å². The van der Waals surface area contributed by atoms with Gasteiger partial charge in [0.05, 0.1) is 16.9 Å². The number of hydrogen-bond donors (Lipinski definition) is 3. The standard InChI is InChI=1S/C22H25N5O6S/c1-4-27-22(30)17-8-6-5-7-16(17)19(26-27)21(29)25-24-20(28)18-13-15(10-9-14(18)2)34(31,32)23-11-12-33-3/h5-10,13,23H,4,11-12H2,1-3H3,(H,24,28)(H,25,29). The summed E-state index contributed by atoms with van der Waals surface area (Å²) in [6.07, 6.45) is 0. The molecule has 0 bridgehead atoms. The summed E-state index contributed by atoms with van der Waals surface area (Å²) in [7, 11) is -2.40. The van der Waals surface area contributed by atoms with Crippen molar-refractivity contribution >= 4 is 32.6 Å². The first-order valence-corrected chi connectivity index (χ1v) is 11.9. The fourth-order valence-corrected chi connectivity index (χ4v) is 4.27. The number of ether oxygens (including phenoxy) is 1. The van der Waals surface area contributed by atoms with E-state index in [-0.39, 0.29) is 41.4 Å². The third-order valence-corrected chi connectivity index (χ3v) is 6.49. The predicted molar refractivity (Wildman–Crippen MR) is 125 cm³/mol. The lowest BCUT2D eigenvalue weighted by Crippen LogP contribution is -2.43. The number of benzene rings is 2. The Labute approximate surface area is 196 Å². The first-order chi connectivity index (χ1) is 16.2. The van der Waals surface area contributed by atoms with Gasteiger partial charge in [0.25, 0.3) is 17.4 Å². The Morgan fingerprint density at radius 3 is 2.41 bits per heavy atom. The molecule has 1 heterocycles. The van der Waals surface area contributed by atoms with Crippen molar-refractivity contribution in [2.24, 2.45) is 0 Å². The van der Waals surface area contributed by atoms with Gasteiger partial charge in [-0.1, -0.05) is 24.3 Å². The van der Waals surface area contributed by atoms with Crippen molar-refractivity contribution in [3.05, 3.63) is 69.6 Å². The van der Waals surface area contributed by atoms with Crippen molar-refractivity contribution in [3.63, 3.8) is 0 Å². The number of amides is 2. The van der Waals surface area contributed by atoms with Crippen LogP contribution in [0.25, 0.3) is 10.8 Å². The van der Waals surface area contributed by atoms with E-state index in [1.54, 1.807) is 38.1 Å². The van der Waals surface area contributed by atoms with Crippen molar-refractivity contribution < 1.29 is 22.7 Å². The minimum absolute atomic E-state index is 0.0345. The first kappa shape index (κ1) is 25.0. The molecule has 2 amide bonds. The van der Waals surface area contributed by atoms with Gasteiger partial charge in [0.2, 0.25) is 10.0 Å². The topological polar surface area (TPSA) is 148 Å². The largest absolute Gasteiger partial charge is 0.383 e. The molecule has 0 aliphatic rings. The van der Waals surface area contributed by atoms with Crippen LogP contribution in [-0.4, -0.2) is 50.3 Å². The number of hydrogen-bond acceptors (Lipinski definition) is 7. The molecule has 11 nitrogen and oxygen atoms in total. The van der Waals surface area contributed by atoms with E-state index < -0.39 is 21.8 Å². The Kier molecular flexibility index (Phi) is 7.76. The number of nitrogens with one attached hydrogen (secondary N) is 3. The summed E-state index contributed by atoms with van der Waals surface area (Å²) < 4.78 is 33.3. The van der Waals surface area contributed by atoms with Crippen LogP contribution in [0.3, 0.4) is 0 Å². The van der Waals surface area contributed by atoms with E-state index in [0.29, 0.717) is 16.3 Å². The van der Waals surface area contributed by atoms with Gasteiger partial charge in [-0.3, -0.25) is 25.2 Å². The molecule has 0 unspecified atom stereocenters. The zero-order valence-electron chi connectivity index (χ0n) is 18.9. The SMILES string of the molecule is CCn1nc(C(=O)NNC(=O)c2cc(S(=O)(=O)NCCOC)ccc2C)c2ccccc2c1=O. The molecule has 0 spiro atoms. The minimum atomic E-state index is -3.86. The van der Waals surface area contributed by atoms with Gasteiger partial charge in [-0.15, -0.1) is 0 Å². The third kappa shape index (κ3) is 5.30. The van der Waals surface area contributed by atoms with E-state index in [2.05, 4.69) is 20.7 Å². The van der Waals surface area contributed by atoms with E-state index in [0.717, 1.165) is 4.68 Å². The molecule has 2 aromatic carbocycles. The summed E-state index contributed by atoms with van der Waals surface area (Å²) in [5, 5.41) is 4.78. The lowest BCUT2D eigenvalue weighted by atomic mass is 10.1. The number of aryl methyl sites for hydroxylation is 2. The van der Waals surface area contributed by atoms with Crippen molar-refractivity contribution in [1.82, 2.24) is 25.4 Å². The molecule has 180 valence electrons. The fourth-order valence-electron chi connectivity index (χ4n) is 3.23. The molecule has 12 heteroatoms. The number of rotatable bonds is 8. The second-order valence-electron chi connectivity index (χ2n) is 7.29. The Bertz CT molecular complexity index is 1400. The molecule has 0 aliphatic heterocycles. The smallest absolute Gasteiger partial charge is 0.290 e. The number of carbonyl (C=O) groups is 2. The molecule has 0 aliphatic carbocycles. The monoisotopic (exact) mass is 487 g/mol. The number of aromatic nitrogens is 2. The summed E-state index contributed by atoms with van der Waals surface area (Å²) in [5.41, 5.74) is 4.78. The third-order valence-electron chi connectivity index (χ3n) is 5.03. The summed E-state index contributed by atoms with van der Waals surface area (Å²) in [4.78, 5) is 37.9. The molecular weight excluding hydrogens is 462 g/mol. The van der Waals surface area contributed by atoms with Gasteiger partial charge in [-0.25, -0.2) is 17.8 Å². The minimum Gasteiger partial charge on any atom is -0.383 e. The van der Waals surface area contributed by atoms with Crippen molar-refractivity contribution in [3.8, 4) is 0 Å². The van der Waals surface area contributed by atoms with Gasteiger partial charge in [-0.2, -0.15) is 5.10 Å². The summed E-state index contributed by atoms with van der Waals surface area (Å²) in [5.74, 6) is -1.44. The molecule has 3 N–H and O–H groups in total. The van der Waals surface area contributed by atoms with Crippen LogP contribution >= 0.6 is 0 Å².